The maximum Gasteiger partial charge on any atom is 0.220 e. The van der Waals surface area contributed by atoms with Gasteiger partial charge in [-0.15, -0.1) is 0 Å². The predicted molar refractivity (Wildman–Crippen MR) is 456 cm³/mol. The van der Waals surface area contributed by atoms with Crippen LogP contribution in [0.15, 0.2) is 158 Å². The van der Waals surface area contributed by atoms with Gasteiger partial charge >= 0.3 is 0 Å². The number of unbranched alkanes of at least 4 members (excludes halogenated alkanes) is 29. The molecule has 3 aliphatic heterocycles. The van der Waals surface area contributed by atoms with Crippen LogP contribution in [-0.2, 0) is 33.2 Å². The Hall–Kier alpha value is -4.59. The van der Waals surface area contributed by atoms with E-state index in [9.17, 15) is 61.0 Å². The molecule has 0 spiro atoms. The van der Waals surface area contributed by atoms with Crippen molar-refractivity contribution in [2.75, 3.05) is 26.4 Å². The Balaban J connectivity index is 1.35. The van der Waals surface area contributed by atoms with Gasteiger partial charge < -0.3 is 89.9 Å². The van der Waals surface area contributed by atoms with Gasteiger partial charge in [0, 0.05) is 6.42 Å². The Labute approximate surface area is 682 Å². The van der Waals surface area contributed by atoms with Crippen molar-refractivity contribution in [3.63, 3.8) is 0 Å². The van der Waals surface area contributed by atoms with E-state index in [0.29, 0.717) is 12.8 Å². The third-order valence-electron chi connectivity index (χ3n) is 20.8. The summed E-state index contributed by atoms with van der Waals surface area (Å²) in [4.78, 5) is 13.5. The molecule has 113 heavy (non-hydrogen) atoms. The van der Waals surface area contributed by atoms with Gasteiger partial charge in [0.05, 0.1) is 38.6 Å². The molecule has 0 aromatic carbocycles. The fourth-order valence-electron chi connectivity index (χ4n) is 13.8. The first kappa shape index (κ1) is 103. The summed E-state index contributed by atoms with van der Waals surface area (Å²) < 4.78 is 34.5. The van der Waals surface area contributed by atoms with Crippen LogP contribution in [0.5, 0.6) is 0 Å². The molecular formula is C94H157NO18. The molecule has 646 valence electrons. The topological polar surface area (TPSA) is 307 Å². The number of amides is 1. The molecule has 0 aliphatic carbocycles. The van der Waals surface area contributed by atoms with Crippen molar-refractivity contribution >= 4 is 5.91 Å². The Morgan fingerprint density at radius 1 is 0.327 bits per heavy atom. The lowest BCUT2D eigenvalue weighted by atomic mass is 9.96. The van der Waals surface area contributed by atoms with Gasteiger partial charge in [-0.25, -0.2) is 0 Å². The number of aliphatic hydroxyl groups is 11. The summed E-state index contributed by atoms with van der Waals surface area (Å²) in [5, 5.41) is 121. The maximum absolute atomic E-state index is 13.5. The lowest BCUT2D eigenvalue weighted by Crippen LogP contribution is -2.66. The third-order valence-corrected chi connectivity index (χ3v) is 20.8. The van der Waals surface area contributed by atoms with Gasteiger partial charge in [-0.2, -0.15) is 0 Å². The molecule has 0 saturated carbocycles. The SMILES string of the molecule is CC/C=C\C/C=C\C/C=C\C/C=C\C/C=C\C/C=C\C/C=C\C/C=C\C/C=C\C/C=C\CCCCCCCCCCCCC(=O)NC(COC1OC(CO)C(OC2OC(CO)C(OC3OC(CO)C(O)C(O)C3O)C(O)C2O)C(O)C1O)C(O)/C=C/CC/C=C/CC/C=C/CCCCCCCCCCCCCCCCCCC. The third kappa shape index (κ3) is 50.1. The van der Waals surface area contributed by atoms with Crippen LogP contribution in [0.3, 0.4) is 0 Å². The molecule has 0 aromatic rings. The second kappa shape index (κ2) is 71.5. The lowest BCUT2D eigenvalue weighted by molar-refractivity contribution is -0.379. The van der Waals surface area contributed by atoms with Crippen molar-refractivity contribution < 1.29 is 89.4 Å². The van der Waals surface area contributed by atoms with Gasteiger partial charge in [-0.05, 0) is 122 Å². The second-order valence-corrected chi connectivity index (χ2v) is 30.6. The molecule has 3 rings (SSSR count). The smallest absolute Gasteiger partial charge is 0.220 e. The van der Waals surface area contributed by atoms with Crippen LogP contribution in [0, 0.1) is 0 Å². The van der Waals surface area contributed by atoms with E-state index in [2.05, 4.69) is 165 Å². The minimum absolute atomic E-state index is 0.217. The number of nitrogens with one attached hydrogen (secondary N) is 1. The monoisotopic (exact) mass is 1590 g/mol. The molecule has 19 nitrogen and oxygen atoms in total. The van der Waals surface area contributed by atoms with Crippen LogP contribution >= 0.6 is 0 Å². The quantitative estimate of drug-likeness (QED) is 0.0199. The molecule has 12 N–H and O–H groups in total. The van der Waals surface area contributed by atoms with E-state index >= 15 is 0 Å². The van der Waals surface area contributed by atoms with Crippen LogP contribution in [0.1, 0.15) is 296 Å². The van der Waals surface area contributed by atoms with Crippen molar-refractivity contribution in [2.24, 2.45) is 0 Å². The number of hydrogen-bond acceptors (Lipinski definition) is 18. The first-order valence-corrected chi connectivity index (χ1v) is 44.2. The van der Waals surface area contributed by atoms with Gasteiger partial charge in [0.1, 0.15) is 73.2 Å². The molecule has 3 aliphatic rings. The zero-order valence-electron chi connectivity index (χ0n) is 69.5. The molecule has 3 fully saturated rings. The molecule has 17 atom stereocenters. The summed E-state index contributed by atoms with van der Waals surface area (Å²) in [5.41, 5.74) is 0. The molecule has 3 heterocycles. The summed E-state index contributed by atoms with van der Waals surface area (Å²) >= 11 is 0. The normalized spacial score (nSPS) is 25.6. The molecule has 19 heteroatoms. The standard InChI is InChI=1S/C94H157NO18/c1-3-5-7-9-11-13-15-17-19-21-23-25-27-29-31-32-33-34-35-36-37-38-39-40-41-42-43-44-46-48-50-52-54-56-58-60-62-64-66-68-70-72-82(100)95-77(78(99)71-69-67-65-63-61-59-57-55-53-51-49-47-45-30-28-26-24-22-20-18-16-14-12-10-8-6-4-2)76-108-92-88(106)85(103)90(80(74-97)110-92)113-94-89(107)86(104)91(81(75-98)111-94)112-93-87(105)84(102)83(101)79(73-96)109-93/h5,7,11,13,17,19,23,25,29,31,33-34,36-37,39-40,42-43,46,48,53,55,61,63,69,71,77-81,83-94,96-99,101-107H,3-4,6,8-10,12,14-16,18,20-22,24,26-28,30,32,35,38,41,44-45,47,49-52,54,56-60,62,64-68,70,72-76H2,1-2H3,(H,95,100)/b7-5-,13-11-,19-17-,25-23-,31-29-,34-33-,37-36-,40-39-,43-42-,48-46-,55-53+,63-61+,71-69+. The van der Waals surface area contributed by atoms with Crippen LogP contribution in [0.2, 0.25) is 0 Å². The molecule has 0 aromatic heterocycles. The highest BCUT2D eigenvalue weighted by atomic mass is 16.8. The zero-order valence-corrected chi connectivity index (χ0v) is 69.5. The fourth-order valence-corrected chi connectivity index (χ4v) is 13.8. The van der Waals surface area contributed by atoms with Crippen molar-refractivity contribution in [3.8, 4) is 0 Å². The first-order valence-electron chi connectivity index (χ1n) is 44.2. The van der Waals surface area contributed by atoms with E-state index in [1.165, 1.54) is 141 Å². The van der Waals surface area contributed by atoms with E-state index in [4.69, 9.17) is 28.4 Å². The number of hydrogen-bond donors (Lipinski definition) is 12. The van der Waals surface area contributed by atoms with Gasteiger partial charge in [0.2, 0.25) is 5.91 Å². The Bertz CT molecular complexity index is 2660. The molecular weight excluding hydrogens is 1430 g/mol. The average Bonchev–Trinajstić information content (AvgIpc) is 0.777. The highest BCUT2D eigenvalue weighted by Gasteiger charge is 2.54. The summed E-state index contributed by atoms with van der Waals surface area (Å²) in [6.45, 7) is 1.61. The van der Waals surface area contributed by atoms with E-state index in [1.807, 2.05) is 6.08 Å². The molecule has 3 saturated heterocycles. The van der Waals surface area contributed by atoms with Crippen molar-refractivity contribution in [3.05, 3.63) is 158 Å². The van der Waals surface area contributed by atoms with Crippen molar-refractivity contribution in [1.82, 2.24) is 5.32 Å². The van der Waals surface area contributed by atoms with Crippen LogP contribution < -0.4 is 5.32 Å². The number of ether oxygens (including phenoxy) is 6. The summed E-state index contributed by atoms with van der Waals surface area (Å²) in [6.07, 6.45) is 79.5. The van der Waals surface area contributed by atoms with Gasteiger partial charge in [-0.1, -0.05) is 326 Å². The largest absolute Gasteiger partial charge is 0.394 e. The Morgan fingerprint density at radius 3 is 0.991 bits per heavy atom. The van der Waals surface area contributed by atoms with Crippen LogP contribution in [0.4, 0.5) is 0 Å². The predicted octanol–water partition coefficient (Wildman–Crippen LogP) is 16.7. The second-order valence-electron chi connectivity index (χ2n) is 30.6. The first-order chi connectivity index (χ1) is 55.3. The number of aliphatic hydroxyl groups excluding tert-OH is 11. The zero-order chi connectivity index (χ0) is 81.7. The summed E-state index contributed by atoms with van der Waals surface area (Å²) in [7, 11) is 0. The van der Waals surface area contributed by atoms with E-state index in [1.54, 1.807) is 6.08 Å². The Kier molecular flexibility index (Phi) is 64.9. The lowest BCUT2D eigenvalue weighted by Gasteiger charge is -2.48. The molecule has 17 unspecified atom stereocenters. The van der Waals surface area contributed by atoms with Crippen molar-refractivity contribution in [2.45, 2.75) is 401 Å². The molecule has 0 bridgehead atoms. The summed E-state index contributed by atoms with van der Waals surface area (Å²) in [6, 6.07) is -1.01. The highest BCUT2D eigenvalue weighted by Crippen LogP contribution is 2.33. The minimum Gasteiger partial charge on any atom is -0.394 e. The van der Waals surface area contributed by atoms with Crippen molar-refractivity contribution in [1.29, 1.82) is 0 Å². The Morgan fingerprint density at radius 2 is 0.619 bits per heavy atom. The van der Waals surface area contributed by atoms with E-state index in [0.717, 1.165) is 122 Å². The van der Waals surface area contributed by atoms with Crippen LogP contribution in [-0.4, -0.2) is 193 Å². The van der Waals surface area contributed by atoms with Gasteiger partial charge in [0.15, 0.2) is 18.9 Å². The van der Waals surface area contributed by atoms with E-state index < -0.39 is 124 Å². The number of carbonyl (C=O) groups excluding carboxylic acids is 1. The summed E-state index contributed by atoms with van der Waals surface area (Å²) in [5.74, 6) is -0.298. The van der Waals surface area contributed by atoms with Gasteiger partial charge in [0.25, 0.3) is 0 Å². The van der Waals surface area contributed by atoms with Crippen LogP contribution in [0.25, 0.3) is 0 Å². The fraction of sp³-hybridized carbons (Fsp3) is 0.713. The van der Waals surface area contributed by atoms with E-state index in [-0.39, 0.29) is 18.9 Å². The minimum atomic E-state index is -1.99. The number of rotatable bonds is 69. The highest BCUT2D eigenvalue weighted by molar-refractivity contribution is 5.76. The average molecular weight is 1590 g/mol. The maximum atomic E-state index is 13.5. The number of allylic oxidation sites excluding steroid dienone is 25. The van der Waals surface area contributed by atoms with Gasteiger partial charge in [-0.3, -0.25) is 4.79 Å². The molecule has 0 radical (unpaired) electrons. The number of carbonyl (C=O) groups is 1. The molecule has 1 amide bonds.